The molecule has 0 bridgehead atoms. The third-order valence-corrected chi connectivity index (χ3v) is 10.1. The lowest BCUT2D eigenvalue weighted by Gasteiger charge is -2.28. The van der Waals surface area contributed by atoms with Gasteiger partial charge in [-0.2, -0.15) is 0 Å². The summed E-state index contributed by atoms with van der Waals surface area (Å²) in [5, 5.41) is 2.64. The van der Waals surface area contributed by atoms with E-state index in [0.717, 1.165) is 20.6 Å². The Balaban J connectivity index is 1.18. The van der Waals surface area contributed by atoms with Crippen molar-refractivity contribution in [2.24, 2.45) is 0 Å². The minimum Gasteiger partial charge on any atom is -0.268 e. The quantitative estimate of drug-likeness (QED) is 0.214. The van der Waals surface area contributed by atoms with E-state index in [9.17, 15) is 27.6 Å². The number of nitrogens with zero attached hydrogens (tertiary/aromatic N) is 2. The lowest BCUT2D eigenvalue weighted by molar-refractivity contribution is 0.0877. The molecule has 0 aromatic heterocycles. The Hall–Kier alpha value is -5.93. The average molecular weight is 609 g/mol. The highest BCUT2D eigenvalue weighted by atomic mass is 32.2. The van der Waals surface area contributed by atoms with Crippen LogP contribution >= 0.6 is 0 Å². The van der Waals surface area contributed by atoms with Crippen LogP contribution in [-0.2, 0) is 9.84 Å². The molecule has 2 heterocycles. The molecule has 0 saturated heterocycles. The van der Waals surface area contributed by atoms with Crippen LogP contribution < -0.4 is 9.80 Å². The molecule has 9 heteroatoms. The van der Waals surface area contributed by atoms with Gasteiger partial charge < -0.3 is 0 Å². The monoisotopic (exact) mass is 608 g/mol. The highest BCUT2D eigenvalue weighted by molar-refractivity contribution is 7.91. The summed E-state index contributed by atoms with van der Waals surface area (Å²) < 4.78 is 27.9. The van der Waals surface area contributed by atoms with Gasteiger partial charge in [0.1, 0.15) is 0 Å². The van der Waals surface area contributed by atoms with Gasteiger partial charge in [0.05, 0.1) is 21.2 Å². The second-order valence-corrected chi connectivity index (χ2v) is 12.8. The molecule has 0 saturated carbocycles. The van der Waals surface area contributed by atoms with Crippen LogP contribution in [0.25, 0.3) is 21.5 Å². The van der Waals surface area contributed by atoms with Crippen molar-refractivity contribution in [3.63, 3.8) is 0 Å². The highest BCUT2D eigenvalue weighted by Crippen LogP contribution is 2.36. The van der Waals surface area contributed by atoms with E-state index in [1.807, 2.05) is 24.3 Å². The average Bonchev–Trinajstić information content (AvgIpc) is 3.06. The number of hydrogen-bond acceptors (Lipinski definition) is 6. The molecule has 0 N–H and O–H groups in total. The largest absolute Gasteiger partial charge is 0.268 e. The van der Waals surface area contributed by atoms with Crippen molar-refractivity contribution in [2.75, 3.05) is 9.80 Å². The number of hydrogen-bond donors (Lipinski definition) is 0. The van der Waals surface area contributed by atoms with Crippen molar-refractivity contribution in [3.8, 4) is 0 Å². The maximum atomic E-state index is 14.0. The second kappa shape index (κ2) is 9.54. The van der Waals surface area contributed by atoms with Gasteiger partial charge in [0.2, 0.25) is 9.84 Å². The highest BCUT2D eigenvalue weighted by Gasteiger charge is 2.36. The van der Waals surface area contributed by atoms with Gasteiger partial charge in [-0.05, 0) is 71.4 Å². The summed E-state index contributed by atoms with van der Waals surface area (Å²) in [6.45, 7) is 0. The van der Waals surface area contributed by atoms with E-state index in [1.165, 1.54) is 48.5 Å². The van der Waals surface area contributed by atoms with Gasteiger partial charge in [-0.25, -0.2) is 18.2 Å². The minimum absolute atomic E-state index is 0.0971. The molecule has 8 nitrogen and oxygen atoms in total. The van der Waals surface area contributed by atoms with Crippen molar-refractivity contribution < 1.29 is 27.6 Å². The predicted molar refractivity (Wildman–Crippen MR) is 169 cm³/mol. The van der Waals surface area contributed by atoms with E-state index in [0.29, 0.717) is 33.0 Å². The van der Waals surface area contributed by atoms with Crippen LogP contribution in [0.4, 0.5) is 11.4 Å². The summed E-state index contributed by atoms with van der Waals surface area (Å²) in [5.41, 5.74) is 1.57. The van der Waals surface area contributed by atoms with E-state index < -0.39 is 33.5 Å². The Bertz CT molecular complexity index is 2180. The number of benzene rings is 6. The first-order valence-corrected chi connectivity index (χ1v) is 15.5. The topological polar surface area (TPSA) is 109 Å². The summed E-state index contributed by atoms with van der Waals surface area (Å²) in [6, 6.07) is 32.0. The third kappa shape index (κ3) is 3.81. The first-order chi connectivity index (χ1) is 21.8. The van der Waals surface area contributed by atoms with Crippen molar-refractivity contribution in [2.45, 2.75) is 9.79 Å². The van der Waals surface area contributed by atoms with Crippen molar-refractivity contribution in [1.82, 2.24) is 0 Å². The minimum atomic E-state index is -4.23. The Labute approximate surface area is 256 Å². The standard InChI is InChI=1S/C36H20N2O6S/c39-33-27-15-1-7-21-8-2-16-28(31(21)27)34(40)37(33)23-11-5-13-25(19-23)45(43,44)26-14-6-12-24(20-26)38-35(41)29-17-3-9-22-10-4-18-30(32(22)29)36(38)42/h1-20H. The van der Waals surface area contributed by atoms with Crippen LogP contribution in [0.3, 0.4) is 0 Å². The summed E-state index contributed by atoms with van der Waals surface area (Å²) in [7, 11) is -4.23. The van der Waals surface area contributed by atoms with Crippen LogP contribution in [0.2, 0.25) is 0 Å². The van der Waals surface area contributed by atoms with Gasteiger partial charge in [-0.15, -0.1) is 0 Å². The van der Waals surface area contributed by atoms with Crippen LogP contribution in [0.1, 0.15) is 41.4 Å². The molecule has 4 amide bonds. The number of carbonyl (C=O) groups is 4. The summed E-state index contributed by atoms with van der Waals surface area (Å²) in [6.07, 6.45) is 0. The molecule has 0 atom stereocenters. The fraction of sp³-hybridized carbons (Fsp3) is 0. The third-order valence-electron chi connectivity index (χ3n) is 8.32. The zero-order chi connectivity index (χ0) is 31.0. The van der Waals surface area contributed by atoms with Gasteiger partial charge in [-0.3, -0.25) is 19.2 Å². The number of rotatable bonds is 4. The van der Waals surface area contributed by atoms with Crippen molar-refractivity contribution in [3.05, 3.63) is 144 Å². The van der Waals surface area contributed by atoms with Gasteiger partial charge in [-0.1, -0.05) is 60.7 Å². The molecule has 6 aromatic carbocycles. The predicted octanol–water partition coefficient (Wildman–Crippen LogP) is 6.43. The summed E-state index contributed by atoms with van der Waals surface area (Å²) in [4.78, 5) is 55.9. The molecule has 0 spiro atoms. The number of sulfone groups is 1. The Morgan fingerprint density at radius 1 is 0.400 bits per heavy atom. The molecule has 0 aliphatic carbocycles. The molecule has 8 rings (SSSR count). The summed E-state index contributed by atoms with van der Waals surface area (Å²) >= 11 is 0. The lowest BCUT2D eigenvalue weighted by Crippen LogP contribution is -2.40. The Morgan fingerprint density at radius 3 is 1.04 bits per heavy atom. The maximum Gasteiger partial charge on any atom is 0.265 e. The molecule has 216 valence electrons. The molecule has 6 aromatic rings. The smallest absolute Gasteiger partial charge is 0.265 e. The zero-order valence-electron chi connectivity index (χ0n) is 23.3. The molecular formula is C36H20N2O6S. The number of imide groups is 2. The fourth-order valence-electron chi connectivity index (χ4n) is 6.25. The van der Waals surface area contributed by atoms with Crippen LogP contribution in [-0.4, -0.2) is 32.0 Å². The van der Waals surface area contributed by atoms with Gasteiger partial charge in [0.25, 0.3) is 23.6 Å². The van der Waals surface area contributed by atoms with E-state index in [1.54, 1.807) is 48.5 Å². The summed E-state index contributed by atoms with van der Waals surface area (Å²) in [5.74, 6) is -2.23. The Morgan fingerprint density at radius 2 is 0.711 bits per heavy atom. The molecule has 45 heavy (non-hydrogen) atoms. The molecular weight excluding hydrogens is 588 g/mol. The van der Waals surface area contributed by atoms with E-state index in [-0.39, 0.29) is 21.2 Å². The molecule has 2 aliphatic rings. The van der Waals surface area contributed by atoms with Crippen molar-refractivity contribution >= 4 is 66.4 Å². The van der Waals surface area contributed by atoms with Crippen LogP contribution in [0, 0.1) is 0 Å². The zero-order valence-corrected chi connectivity index (χ0v) is 24.1. The number of amides is 4. The lowest BCUT2D eigenvalue weighted by atomic mass is 9.94. The molecule has 0 fully saturated rings. The fourth-order valence-corrected chi connectivity index (χ4v) is 7.59. The van der Waals surface area contributed by atoms with Crippen molar-refractivity contribution in [1.29, 1.82) is 0 Å². The van der Waals surface area contributed by atoms with Gasteiger partial charge in [0, 0.05) is 33.0 Å². The normalized spacial score (nSPS) is 14.5. The first kappa shape index (κ1) is 26.7. The molecule has 2 aliphatic heterocycles. The Kier molecular flexibility index (Phi) is 5.65. The first-order valence-electron chi connectivity index (χ1n) is 14.0. The van der Waals surface area contributed by atoms with Gasteiger partial charge >= 0.3 is 0 Å². The molecule has 0 radical (unpaired) electrons. The van der Waals surface area contributed by atoms with E-state index in [4.69, 9.17) is 0 Å². The van der Waals surface area contributed by atoms with Crippen LogP contribution in [0.5, 0.6) is 0 Å². The number of anilines is 2. The SMILES string of the molecule is O=C1c2cccc3cccc(c23)C(=O)N1c1cccc(S(=O)(=O)c2cccc(N3C(=O)c4cccc5cccc(c45)C3=O)c2)c1. The molecule has 0 unspecified atom stereocenters. The van der Waals surface area contributed by atoms with E-state index in [2.05, 4.69) is 0 Å². The second-order valence-electron chi connectivity index (χ2n) is 10.8. The van der Waals surface area contributed by atoms with E-state index >= 15 is 0 Å². The number of carbonyl (C=O) groups excluding carboxylic acids is 4. The van der Waals surface area contributed by atoms with Crippen LogP contribution in [0.15, 0.2) is 131 Å². The van der Waals surface area contributed by atoms with Gasteiger partial charge in [0.15, 0.2) is 0 Å². The maximum absolute atomic E-state index is 14.0.